The van der Waals surface area contributed by atoms with Gasteiger partial charge in [-0.2, -0.15) is 0 Å². The van der Waals surface area contributed by atoms with Gasteiger partial charge in [-0.1, -0.05) is 6.58 Å². The Morgan fingerprint density at radius 1 is 1.78 bits per heavy atom. The molecule has 0 heterocycles. The topological polar surface area (TPSA) is 26.3 Å². The SMILES string of the molecule is C=C(COC=O)C1CC1. The molecule has 2 heteroatoms. The summed E-state index contributed by atoms with van der Waals surface area (Å²) >= 11 is 0. The summed E-state index contributed by atoms with van der Waals surface area (Å²) in [6.45, 7) is 4.65. The molecule has 0 spiro atoms. The molecule has 0 radical (unpaired) electrons. The minimum Gasteiger partial charge on any atom is -0.463 e. The molecule has 0 unspecified atom stereocenters. The Balaban J connectivity index is 2.10. The highest BCUT2D eigenvalue weighted by Gasteiger charge is 2.24. The van der Waals surface area contributed by atoms with E-state index in [1.54, 1.807) is 0 Å². The molecule has 0 N–H and O–H groups in total. The van der Waals surface area contributed by atoms with Crippen LogP contribution in [-0.4, -0.2) is 13.1 Å². The van der Waals surface area contributed by atoms with E-state index in [9.17, 15) is 4.79 Å². The Morgan fingerprint density at radius 2 is 2.44 bits per heavy atom. The lowest BCUT2D eigenvalue weighted by molar-refractivity contribution is -0.127. The first-order valence-corrected chi connectivity index (χ1v) is 3.07. The van der Waals surface area contributed by atoms with Gasteiger partial charge < -0.3 is 4.74 Å². The minimum atomic E-state index is 0.411. The first-order valence-electron chi connectivity index (χ1n) is 3.07. The number of ether oxygens (including phenoxy) is 1. The van der Waals surface area contributed by atoms with E-state index in [4.69, 9.17) is 0 Å². The Hall–Kier alpha value is -0.790. The van der Waals surface area contributed by atoms with Crippen molar-refractivity contribution in [1.82, 2.24) is 0 Å². The molecule has 0 aliphatic heterocycles. The molecule has 0 bridgehead atoms. The Morgan fingerprint density at radius 3 is 2.89 bits per heavy atom. The van der Waals surface area contributed by atoms with Crippen molar-refractivity contribution in [2.45, 2.75) is 12.8 Å². The van der Waals surface area contributed by atoms with Crippen molar-refractivity contribution < 1.29 is 9.53 Å². The number of hydrogen-bond donors (Lipinski definition) is 0. The van der Waals surface area contributed by atoms with Crippen LogP contribution in [0.25, 0.3) is 0 Å². The summed E-state index contributed by atoms with van der Waals surface area (Å²) in [6, 6.07) is 0. The lowest BCUT2D eigenvalue weighted by Crippen LogP contribution is -1.95. The van der Waals surface area contributed by atoms with Crippen molar-refractivity contribution in [2.75, 3.05) is 6.61 Å². The maximum absolute atomic E-state index is 9.69. The van der Waals surface area contributed by atoms with Crippen LogP contribution in [0.3, 0.4) is 0 Å². The molecule has 1 rings (SSSR count). The molecule has 0 saturated heterocycles. The molecule has 9 heavy (non-hydrogen) atoms. The fourth-order valence-corrected chi connectivity index (χ4v) is 0.750. The first-order chi connectivity index (χ1) is 4.34. The van der Waals surface area contributed by atoms with Gasteiger partial charge in [0.15, 0.2) is 0 Å². The number of carbonyl (C=O) groups excluding carboxylic acids is 1. The van der Waals surface area contributed by atoms with Crippen LogP contribution >= 0.6 is 0 Å². The molecular weight excluding hydrogens is 116 g/mol. The molecule has 50 valence electrons. The van der Waals surface area contributed by atoms with Crippen LogP contribution in [0.15, 0.2) is 12.2 Å². The maximum Gasteiger partial charge on any atom is 0.293 e. The van der Waals surface area contributed by atoms with Gasteiger partial charge >= 0.3 is 0 Å². The van der Waals surface area contributed by atoms with Gasteiger partial charge in [0.05, 0.1) is 0 Å². The number of hydrogen-bond acceptors (Lipinski definition) is 2. The zero-order valence-corrected chi connectivity index (χ0v) is 5.30. The molecule has 1 saturated carbocycles. The fraction of sp³-hybridized carbons (Fsp3) is 0.571. The van der Waals surface area contributed by atoms with E-state index in [0.717, 1.165) is 5.57 Å². The van der Waals surface area contributed by atoms with Gasteiger partial charge in [0.25, 0.3) is 6.47 Å². The number of rotatable bonds is 4. The monoisotopic (exact) mass is 126 g/mol. The smallest absolute Gasteiger partial charge is 0.293 e. The molecule has 1 aliphatic rings. The fourth-order valence-electron chi connectivity index (χ4n) is 0.750. The average Bonchev–Trinajstić information content (AvgIpc) is 2.63. The van der Waals surface area contributed by atoms with Crippen LogP contribution in [-0.2, 0) is 9.53 Å². The van der Waals surface area contributed by atoms with E-state index in [2.05, 4.69) is 11.3 Å². The van der Waals surface area contributed by atoms with E-state index in [1.807, 2.05) is 0 Å². The lowest BCUT2D eigenvalue weighted by atomic mass is 10.2. The molecule has 0 aromatic heterocycles. The number of carbonyl (C=O) groups is 1. The van der Waals surface area contributed by atoms with Crippen LogP contribution in [0.2, 0.25) is 0 Å². The second kappa shape index (κ2) is 2.67. The predicted molar refractivity (Wildman–Crippen MR) is 33.9 cm³/mol. The van der Waals surface area contributed by atoms with Crippen molar-refractivity contribution in [3.05, 3.63) is 12.2 Å². The predicted octanol–water partition coefficient (Wildman–Crippen LogP) is 1.13. The second-order valence-corrected chi connectivity index (χ2v) is 2.34. The second-order valence-electron chi connectivity index (χ2n) is 2.34. The summed E-state index contributed by atoms with van der Waals surface area (Å²) in [4.78, 5) is 9.69. The van der Waals surface area contributed by atoms with E-state index >= 15 is 0 Å². The van der Waals surface area contributed by atoms with Crippen molar-refractivity contribution in [3.63, 3.8) is 0 Å². The standard InChI is InChI=1S/C7H10O2/c1-6(4-9-5-8)7-2-3-7/h5,7H,1-4H2. The first kappa shape index (κ1) is 6.33. The highest BCUT2D eigenvalue weighted by molar-refractivity contribution is 5.37. The molecule has 0 atom stereocenters. The van der Waals surface area contributed by atoms with Crippen LogP contribution in [0.4, 0.5) is 0 Å². The van der Waals surface area contributed by atoms with Gasteiger partial charge in [-0.3, -0.25) is 4.79 Å². The largest absolute Gasteiger partial charge is 0.463 e. The van der Waals surface area contributed by atoms with Crippen molar-refractivity contribution in [2.24, 2.45) is 5.92 Å². The van der Waals surface area contributed by atoms with Crippen LogP contribution < -0.4 is 0 Å². The van der Waals surface area contributed by atoms with Crippen LogP contribution in [0, 0.1) is 5.92 Å². The van der Waals surface area contributed by atoms with Crippen LogP contribution in [0.1, 0.15) is 12.8 Å². The maximum atomic E-state index is 9.69. The summed E-state index contributed by atoms with van der Waals surface area (Å²) in [5.74, 6) is 0.643. The summed E-state index contributed by atoms with van der Waals surface area (Å²) in [7, 11) is 0. The van der Waals surface area contributed by atoms with Gasteiger partial charge in [-0.05, 0) is 24.3 Å². The quantitative estimate of drug-likeness (QED) is 0.417. The van der Waals surface area contributed by atoms with Crippen molar-refractivity contribution in [3.8, 4) is 0 Å². The molecule has 0 aromatic carbocycles. The Labute approximate surface area is 54.5 Å². The summed E-state index contributed by atoms with van der Waals surface area (Å²) in [6.07, 6.45) is 2.45. The molecule has 1 aliphatic carbocycles. The van der Waals surface area contributed by atoms with E-state index in [1.165, 1.54) is 12.8 Å². The highest BCUT2D eigenvalue weighted by Crippen LogP contribution is 2.35. The third-order valence-electron chi connectivity index (χ3n) is 1.49. The van der Waals surface area contributed by atoms with Crippen molar-refractivity contribution >= 4 is 6.47 Å². The third kappa shape index (κ3) is 1.88. The normalized spacial score (nSPS) is 16.9. The van der Waals surface area contributed by atoms with Gasteiger partial charge in [0, 0.05) is 0 Å². The van der Waals surface area contributed by atoms with Gasteiger partial charge in [0.2, 0.25) is 0 Å². The minimum absolute atomic E-state index is 0.411. The van der Waals surface area contributed by atoms with E-state index in [-0.39, 0.29) is 0 Å². The zero-order chi connectivity index (χ0) is 6.69. The molecule has 2 nitrogen and oxygen atoms in total. The van der Waals surface area contributed by atoms with Gasteiger partial charge in [0.1, 0.15) is 6.61 Å². The summed E-state index contributed by atoms with van der Waals surface area (Å²) in [5.41, 5.74) is 1.06. The third-order valence-corrected chi connectivity index (χ3v) is 1.49. The Kier molecular flexibility index (Phi) is 1.88. The van der Waals surface area contributed by atoms with Gasteiger partial charge in [-0.25, -0.2) is 0 Å². The molecule has 1 fully saturated rings. The molecule has 0 aromatic rings. The van der Waals surface area contributed by atoms with Gasteiger partial charge in [-0.15, -0.1) is 0 Å². The summed E-state index contributed by atoms with van der Waals surface area (Å²) in [5, 5.41) is 0. The average molecular weight is 126 g/mol. The van der Waals surface area contributed by atoms with Crippen LogP contribution in [0.5, 0.6) is 0 Å². The lowest BCUT2D eigenvalue weighted by Gasteiger charge is -1.98. The van der Waals surface area contributed by atoms with Crippen molar-refractivity contribution in [1.29, 1.82) is 0 Å². The highest BCUT2D eigenvalue weighted by atomic mass is 16.5. The molecular formula is C7H10O2. The molecule has 0 amide bonds. The van der Waals surface area contributed by atoms with E-state index < -0.39 is 0 Å². The Bertz CT molecular complexity index is 125. The van der Waals surface area contributed by atoms with E-state index in [0.29, 0.717) is 19.0 Å². The summed E-state index contributed by atoms with van der Waals surface area (Å²) < 4.78 is 4.52. The zero-order valence-electron chi connectivity index (χ0n) is 5.30.